The topological polar surface area (TPSA) is 63.2 Å². The molecule has 2 aromatic rings. The van der Waals surface area contributed by atoms with Crippen LogP contribution in [0.15, 0.2) is 59.5 Å². The van der Waals surface area contributed by atoms with Crippen molar-refractivity contribution in [3.63, 3.8) is 0 Å². The number of nitrogens with one attached hydrogen (secondary N) is 1. The third kappa shape index (κ3) is 4.89. The zero-order chi connectivity index (χ0) is 18.6. The van der Waals surface area contributed by atoms with Gasteiger partial charge in [0.2, 0.25) is 5.91 Å². The zero-order valence-corrected chi connectivity index (χ0v) is 16.4. The van der Waals surface area contributed by atoms with Gasteiger partial charge in [0.05, 0.1) is 10.5 Å². The number of amides is 1. The second-order valence-corrected chi connectivity index (χ2v) is 10.4. The average molecular weight is 390 g/mol. The highest BCUT2D eigenvalue weighted by Gasteiger charge is 2.42. The van der Waals surface area contributed by atoms with E-state index in [1.165, 1.54) is 6.26 Å². The number of anilines is 1. The molecular formula is C20H23NO3S2. The van der Waals surface area contributed by atoms with E-state index in [1.54, 1.807) is 36.0 Å². The average Bonchev–Trinajstić information content (AvgIpc) is 3.04. The molecule has 0 aromatic heterocycles. The summed E-state index contributed by atoms with van der Waals surface area (Å²) in [5.74, 6) is -0.0268. The summed E-state index contributed by atoms with van der Waals surface area (Å²) in [4.78, 5) is 14.2. The lowest BCUT2D eigenvalue weighted by Crippen LogP contribution is -2.37. The Kier molecular flexibility index (Phi) is 5.73. The molecule has 1 saturated carbocycles. The van der Waals surface area contributed by atoms with E-state index in [0.29, 0.717) is 11.3 Å². The van der Waals surface area contributed by atoms with Crippen molar-refractivity contribution in [1.29, 1.82) is 0 Å². The van der Waals surface area contributed by atoms with E-state index in [-0.39, 0.29) is 11.7 Å². The molecule has 1 N–H and O–H groups in total. The van der Waals surface area contributed by atoms with Gasteiger partial charge in [-0.25, -0.2) is 8.42 Å². The van der Waals surface area contributed by atoms with Gasteiger partial charge in [-0.15, -0.1) is 11.8 Å². The standard InChI is InChI=1S/C20H23NO3S2/c1-26(23,24)15-16-8-7-9-17(14-16)21-19(22)20(12-5-6-13-20)25-18-10-3-2-4-11-18/h2-4,7-11,14H,5-6,12-13,15H2,1H3,(H,21,22). The summed E-state index contributed by atoms with van der Waals surface area (Å²) in [7, 11) is -3.11. The van der Waals surface area contributed by atoms with Gasteiger partial charge in [0.1, 0.15) is 0 Å². The van der Waals surface area contributed by atoms with Crippen LogP contribution in [0.5, 0.6) is 0 Å². The van der Waals surface area contributed by atoms with Crippen LogP contribution in [0.25, 0.3) is 0 Å². The van der Waals surface area contributed by atoms with Crippen molar-refractivity contribution in [3.05, 3.63) is 60.2 Å². The highest BCUT2D eigenvalue weighted by Crippen LogP contribution is 2.46. The molecule has 2 aromatic carbocycles. The SMILES string of the molecule is CS(=O)(=O)Cc1cccc(NC(=O)C2(Sc3ccccc3)CCCC2)c1. The molecule has 1 fully saturated rings. The molecule has 6 heteroatoms. The Balaban J connectivity index is 1.77. The van der Waals surface area contributed by atoms with Crippen molar-refractivity contribution >= 4 is 33.2 Å². The van der Waals surface area contributed by atoms with Crippen molar-refractivity contribution in [2.45, 2.75) is 41.1 Å². The van der Waals surface area contributed by atoms with Crippen LogP contribution >= 0.6 is 11.8 Å². The van der Waals surface area contributed by atoms with Crippen LogP contribution in [0, 0.1) is 0 Å². The van der Waals surface area contributed by atoms with Crippen molar-refractivity contribution in [1.82, 2.24) is 0 Å². The summed E-state index contributed by atoms with van der Waals surface area (Å²) in [6.07, 6.45) is 4.99. The summed E-state index contributed by atoms with van der Waals surface area (Å²) in [6, 6.07) is 17.1. The first-order chi connectivity index (χ1) is 12.4. The van der Waals surface area contributed by atoms with Crippen LogP contribution in [0.4, 0.5) is 5.69 Å². The normalized spacial score (nSPS) is 16.3. The number of hydrogen-bond acceptors (Lipinski definition) is 4. The van der Waals surface area contributed by atoms with Crippen molar-refractivity contribution in [2.24, 2.45) is 0 Å². The molecule has 0 aliphatic heterocycles. The van der Waals surface area contributed by atoms with Gasteiger partial charge in [-0.2, -0.15) is 0 Å². The highest BCUT2D eigenvalue weighted by molar-refractivity contribution is 8.01. The number of sulfone groups is 1. The lowest BCUT2D eigenvalue weighted by Gasteiger charge is -2.27. The maximum Gasteiger partial charge on any atom is 0.240 e. The third-order valence-corrected chi connectivity index (χ3v) is 6.85. The molecule has 26 heavy (non-hydrogen) atoms. The molecule has 1 amide bonds. The van der Waals surface area contributed by atoms with E-state index >= 15 is 0 Å². The molecule has 0 spiro atoms. The van der Waals surface area contributed by atoms with Gasteiger partial charge in [-0.1, -0.05) is 43.2 Å². The first-order valence-electron chi connectivity index (χ1n) is 8.69. The van der Waals surface area contributed by atoms with E-state index in [0.717, 1.165) is 30.6 Å². The molecular weight excluding hydrogens is 366 g/mol. The number of thioether (sulfide) groups is 1. The summed E-state index contributed by atoms with van der Waals surface area (Å²) in [5, 5.41) is 3.02. The number of benzene rings is 2. The van der Waals surface area contributed by atoms with E-state index in [9.17, 15) is 13.2 Å². The fourth-order valence-corrected chi connectivity index (χ4v) is 5.49. The first kappa shape index (κ1) is 19.0. The van der Waals surface area contributed by atoms with Crippen LogP contribution in [-0.2, 0) is 20.4 Å². The molecule has 0 heterocycles. The third-order valence-electron chi connectivity index (χ3n) is 4.50. The monoisotopic (exact) mass is 389 g/mol. The van der Waals surface area contributed by atoms with Gasteiger partial charge < -0.3 is 5.32 Å². The Labute approximate surface area is 159 Å². The fraction of sp³-hybridized carbons (Fsp3) is 0.350. The van der Waals surface area contributed by atoms with Crippen LogP contribution in [0.2, 0.25) is 0 Å². The predicted molar refractivity (Wildman–Crippen MR) is 107 cm³/mol. The van der Waals surface area contributed by atoms with Crippen LogP contribution in [0.3, 0.4) is 0 Å². The maximum atomic E-state index is 13.1. The Morgan fingerprint density at radius 1 is 1.08 bits per heavy atom. The summed E-state index contributed by atoms with van der Waals surface area (Å²) in [5.41, 5.74) is 1.33. The van der Waals surface area contributed by atoms with Gasteiger partial charge in [0.25, 0.3) is 0 Å². The number of carbonyl (C=O) groups excluding carboxylic acids is 1. The minimum Gasteiger partial charge on any atom is -0.325 e. The van der Waals surface area contributed by atoms with E-state index in [1.807, 2.05) is 30.3 Å². The van der Waals surface area contributed by atoms with Gasteiger partial charge in [0.15, 0.2) is 9.84 Å². The molecule has 4 nitrogen and oxygen atoms in total. The fourth-order valence-electron chi connectivity index (χ4n) is 3.32. The molecule has 0 bridgehead atoms. The highest BCUT2D eigenvalue weighted by atomic mass is 32.2. The number of hydrogen-bond donors (Lipinski definition) is 1. The molecule has 0 atom stereocenters. The van der Waals surface area contributed by atoms with Crippen molar-refractivity contribution < 1.29 is 13.2 Å². The lowest BCUT2D eigenvalue weighted by molar-refractivity contribution is -0.118. The van der Waals surface area contributed by atoms with Gasteiger partial charge in [0, 0.05) is 16.8 Å². The van der Waals surface area contributed by atoms with Gasteiger partial charge >= 0.3 is 0 Å². The van der Waals surface area contributed by atoms with Crippen LogP contribution < -0.4 is 5.32 Å². The second kappa shape index (κ2) is 7.84. The number of rotatable bonds is 6. The Morgan fingerprint density at radius 3 is 2.42 bits per heavy atom. The van der Waals surface area contributed by atoms with Gasteiger partial charge in [-0.05, 0) is 42.7 Å². The Hall–Kier alpha value is -1.79. The molecule has 1 aliphatic carbocycles. The van der Waals surface area contributed by atoms with Crippen LogP contribution in [-0.4, -0.2) is 25.3 Å². The van der Waals surface area contributed by atoms with Crippen molar-refractivity contribution in [2.75, 3.05) is 11.6 Å². The Bertz CT molecular complexity index is 873. The molecule has 1 aliphatic rings. The minimum atomic E-state index is -3.11. The smallest absolute Gasteiger partial charge is 0.240 e. The number of carbonyl (C=O) groups is 1. The summed E-state index contributed by atoms with van der Waals surface area (Å²) in [6.45, 7) is 0. The van der Waals surface area contributed by atoms with E-state index in [4.69, 9.17) is 0 Å². The van der Waals surface area contributed by atoms with E-state index in [2.05, 4.69) is 5.32 Å². The minimum absolute atomic E-state index is 0.000332. The summed E-state index contributed by atoms with van der Waals surface area (Å²) < 4.78 is 22.5. The van der Waals surface area contributed by atoms with Crippen LogP contribution in [0.1, 0.15) is 31.2 Å². The molecule has 0 unspecified atom stereocenters. The largest absolute Gasteiger partial charge is 0.325 e. The lowest BCUT2D eigenvalue weighted by atomic mass is 10.1. The quantitative estimate of drug-likeness (QED) is 0.801. The molecule has 0 radical (unpaired) electrons. The predicted octanol–water partition coefficient (Wildman–Crippen LogP) is 4.27. The van der Waals surface area contributed by atoms with E-state index < -0.39 is 14.6 Å². The summed E-state index contributed by atoms with van der Waals surface area (Å²) >= 11 is 1.63. The Morgan fingerprint density at radius 2 is 1.77 bits per heavy atom. The second-order valence-electron chi connectivity index (χ2n) is 6.84. The van der Waals surface area contributed by atoms with Gasteiger partial charge in [-0.3, -0.25) is 4.79 Å². The maximum absolute atomic E-state index is 13.1. The van der Waals surface area contributed by atoms with Crippen molar-refractivity contribution in [3.8, 4) is 0 Å². The molecule has 138 valence electrons. The first-order valence-corrected chi connectivity index (χ1v) is 11.6. The molecule has 0 saturated heterocycles. The molecule has 3 rings (SSSR count). The zero-order valence-electron chi connectivity index (χ0n) is 14.8.